The van der Waals surface area contributed by atoms with Crippen molar-refractivity contribution in [1.82, 2.24) is 9.78 Å². The van der Waals surface area contributed by atoms with Crippen molar-refractivity contribution in [2.45, 2.75) is 23.6 Å². The molecule has 0 spiro atoms. The summed E-state index contributed by atoms with van der Waals surface area (Å²) < 4.78 is 1.75. The van der Waals surface area contributed by atoms with E-state index in [0.29, 0.717) is 23.6 Å². The normalized spacial score (nSPS) is 16.0. The highest BCUT2D eigenvalue weighted by Crippen LogP contribution is 2.36. The van der Waals surface area contributed by atoms with Crippen LogP contribution in [-0.4, -0.2) is 26.8 Å². The number of hydrogen-bond donors (Lipinski definition) is 2. The zero-order chi connectivity index (χ0) is 18.1. The van der Waals surface area contributed by atoms with Crippen molar-refractivity contribution >= 4 is 46.4 Å². The van der Waals surface area contributed by atoms with Crippen LogP contribution < -0.4 is 10.6 Å². The molecule has 1 aromatic carbocycles. The number of fused-ring (bicyclic) bond motifs is 1. The Morgan fingerprint density at radius 3 is 3.04 bits per heavy atom. The van der Waals surface area contributed by atoms with E-state index in [2.05, 4.69) is 21.1 Å². The molecule has 132 valence electrons. The Morgan fingerprint density at radius 1 is 1.35 bits per heavy atom. The van der Waals surface area contributed by atoms with Crippen LogP contribution in [0.2, 0.25) is 0 Å². The predicted octanol–water partition coefficient (Wildman–Crippen LogP) is 3.68. The second kappa shape index (κ2) is 6.97. The molecule has 8 heteroatoms. The highest BCUT2D eigenvalue weighted by Gasteiger charge is 2.24. The summed E-state index contributed by atoms with van der Waals surface area (Å²) >= 11 is 3.12. The Kier molecular flexibility index (Phi) is 4.52. The van der Waals surface area contributed by atoms with Crippen molar-refractivity contribution in [2.24, 2.45) is 0 Å². The molecule has 0 radical (unpaired) electrons. The zero-order valence-corrected chi connectivity index (χ0v) is 15.6. The first-order valence-corrected chi connectivity index (χ1v) is 9.88. The standard InChI is InChI=1S/C18H16N4O2S2/c1-11-17(23)20-14-8-13(2-3-15(14)26-11)18(24)21-16-4-6-19-22(16)9-12-5-7-25-10-12/h2-8,10-11H,9H2,1H3,(H,20,23)(H,21,24). The number of carbonyl (C=O) groups is 2. The fourth-order valence-electron chi connectivity index (χ4n) is 2.66. The molecule has 1 aliphatic rings. The Bertz CT molecular complexity index is 965. The highest BCUT2D eigenvalue weighted by molar-refractivity contribution is 8.00. The van der Waals surface area contributed by atoms with Gasteiger partial charge in [0.05, 0.1) is 23.7 Å². The van der Waals surface area contributed by atoms with E-state index in [1.54, 1.807) is 40.4 Å². The summed E-state index contributed by atoms with van der Waals surface area (Å²) in [5.41, 5.74) is 2.30. The number of amides is 2. The molecule has 26 heavy (non-hydrogen) atoms. The molecule has 0 bridgehead atoms. The van der Waals surface area contributed by atoms with Crippen LogP contribution in [0.3, 0.4) is 0 Å². The lowest BCUT2D eigenvalue weighted by molar-refractivity contribution is -0.115. The average Bonchev–Trinajstić information content (AvgIpc) is 3.28. The van der Waals surface area contributed by atoms with Gasteiger partial charge in [0.2, 0.25) is 5.91 Å². The molecule has 2 aromatic heterocycles. The smallest absolute Gasteiger partial charge is 0.256 e. The first-order valence-electron chi connectivity index (χ1n) is 8.06. The molecule has 0 saturated heterocycles. The summed E-state index contributed by atoms with van der Waals surface area (Å²) in [7, 11) is 0. The van der Waals surface area contributed by atoms with Gasteiger partial charge in [-0.25, -0.2) is 4.68 Å². The van der Waals surface area contributed by atoms with Gasteiger partial charge in [-0.15, -0.1) is 11.8 Å². The molecule has 3 heterocycles. The lowest BCUT2D eigenvalue weighted by atomic mass is 10.1. The second-order valence-electron chi connectivity index (χ2n) is 5.92. The quantitative estimate of drug-likeness (QED) is 0.719. The number of rotatable bonds is 4. The fraction of sp³-hybridized carbons (Fsp3) is 0.167. The van der Waals surface area contributed by atoms with E-state index in [-0.39, 0.29) is 17.1 Å². The third-order valence-electron chi connectivity index (χ3n) is 4.04. The van der Waals surface area contributed by atoms with Crippen molar-refractivity contribution in [3.05, 3.63) is 58.4 Å². The molecule has 4 rings (SSSR count). The lowest BCUT2D eigenvalue weighted by Crippen LogP contribution is -2.26. The van der Waals surface area contributed by atoms with Gasteiger partial charge in [-0.1, -0.05) is 0 Å². The number of nitrogens with one attached hydrogen (secondary N) is 2. The number of hydrogen-bond acceptors (Lipinski definition) is 5. The fourth-order valence-corrected chi connectivity index (χ4v) is 4.25. The molecule has 0 fully saturated rings. The number of nitrogens with zero attached hydrogens (tertiary/aromatic N) is 2. The van der Waals surface area contributed by atoms with Gasteiger partial charge in [0.15, 0.2) is 0 Å². The maximum Gasteiger partial charge on any atom is 0.256 e. The molecule has 0 saturated carbocycles. The second-order valence-corrected chi connectivity index (χ2v) is 8.08. The minimum absolute atomic E-state index is 0.0473. The summed E-state index contributed by atoms with van der Waals surface area (Å²) in [5, 5.41) is 13.9. The molecule has 0 aliphatic carbocycles. The summed E-state index contributed by atoms with van der Waals surface area (Å²) in [6, 6.07) is 9.14. The van der Waals surface area contributed by atoms with E-state index in [1.807, 2.05) is 24.4 Å². The van der Waals surface area contributed by atoms with Crippen LogP contribution in [0.4, 0.5) is 11.5 Å². The van der Waals surface area contributed by atoms with Gasteiger partial charge in [-0.2, -0.15) is 16.4 Å². The molecule has 1 unspecified atom stereocenters. The first kappa shape index (κ1) is 16.9. The summed E-state index contributed by atoms with van der Waals surface area (Å²) in [6.07, 6.45) is 1.66. The van der Waals surface area contributed by atoms with Crippen LogP contribution in [0.15, 0.2) is 52.2 Å². The van der Waals surface area contributed by atoms with Crippen LogP contribution in [0.25, 0.3) is 0 Å². The molecule has 1 atom stereocenters. The van der Waals surface area contributed by atoms with E-state index in [1.165, 1.54) is 11.8 Å². The van der Waals surface area contributed by atoms with Gasteiger partial charge < -0.3 is 10.6 Å². The van der Waals surface area contributed by atoms with Crippen molar-refractivity contribution in [3.8, 4) is 0 Å². The lowest BCUT2D eigenvalue weighted by Gasteiger charge is -2.21. The number of carbonyl (C=O) groups excluding carboxylic acids is 2. The van der Waals surface area contributed by atoms with E-state index < -0.39 is 0 Å². The maximum atomic E-state index is 12.6. The predicted molar refractivity (Wildman–Crippen MR) is 104 cm³/mol. The SMILES string of the molecule is CC1Sc2ccc(C(=O)Nc3ccnn3Cc3ccsc3)cc2NC1=O. The monoisotopic (exact) mass is 384 g/mol. The van der Waals surface area contributed by atoms with Gasteiger partial charge >= 0.3 is 0 Å². The first-order chi connectivity index (χ1) is 12.6. The molecule has 2 N–H and O–H groups in total. The third-order valence-corrected chi connectivity index (χ3v) is 5.95. The van der Waals surface area contributed by atoms with Gasteiger partial charge in [-0.05, 0) is 47.5 Å². The Balaban J connectivity index is 1.52. The maximum absolute atomic E-state index is 12.6. The van der Waals surface area contributed by atoms with Gasteiger partial charge in [-0.3, -0.25) is 9.59 Å². The highest BCUT2D eigenvalue weighted by atomic mass is 32.2. The number of thiophene rings is 1. The summed E-state index contributed by atoms with van der Waals surface area (Å²) in [5.74, 6) is 0.345. The van der Waals surface area contributed by atoms with Gasteiger partial charge in [0.25, 0.3) is 5.91 Å². The molecule has 1 aliphatic heterocycles. The number of anilines is 2. The van der Waals surface area contributed by atoms with Crippen LogP contribution in [0.5, 0.6) is 0 Å². The van der Waals surface area contributed by atoms with Gasteiger partial charge in [0.1, 0.15) is 5.82 Å². The topological polar surface area (TPSA) is 76.0 Å². The van der Waals surface area contributed by atoms with Gasteiger partial charge in [0, 0.05) is 16.5 Å². The number of aromatic nitrogens is 2. The Labute approximate surface area is 158 Å². The van der Waals surface area contributed by atoms with E-state index in [0.717, 1.165) is 10.5 Å². The Morgan fingerprint density at radius 2 is 2.23 bits per heavy atom. The Hall–Kier alpha value is -2.58. The molecule has 6 nitrogen and oxygen atoms in total. The molecular weight excluding hydrogens is 368 g/mol. The van der Waals surface area contributed by atoms with Crippen molar-refractivity contribution in [2.75, 3.05) is 10.6 Å². The zero-order valence-electron chi connectivity index (χ0n) is 13.9. The van der Waals surface area contributed by atoms with Crippen LogP contribution in [-0.2, 0) is 11.3 Å². The van der Waals surface area contributed by atoms with Crippen LogP contribution in [0.1, 0.15) is 22.8 Å². The average molecular weight is 384 g/mol. The van der Waals surface area contributed by atoms with Crippen molar-refractivity contribution in [1.29, 1.82) is 0 Å². The molecule has 3 aromatic rings. The minimum atomic E-state index is -0.238. The number of thioether (sulfide) groups is 1. The van der Waals surface area contributed by atoms with E-state index in [4.69, 9.17) is 0 Å². The minimum Gasteiger partial charge on any atom is -0.324 e. The van der Waals surface area contributed by atoms with Crippen LogP contribution in [0, 0.1) is 0 Å². The van der Waals surface area contributed by atoms with Crippen LogP contribution >= 0.6 is 23.1 Å². The van der Waals surface area contributed by atoms with Crippen molar-refractivity contribution in [3.63, 3.8) is 0 Å². The molecule has 2 amide bonds. The van der Waals surface area contributed by atoms with E-state index in [9.17, 15) is 9.59 Å². The summed E-state index contributed by atoms with van der Waals surface area (Å²) in [6.45, 7) is 2.46. The summed E-state index contributed by atoms with van der Waals surface area (Å²) in [4.78, 5) is 25.4. The largest absolute Gasteiger partial charge is 0.324 e. The number of benzene rings is 1. The third kappa shape index (κ3) is 3.38. The van der Waals surface area contributed by atoms with Crippen molar-refractivity contribution < 1.29 is 9.59 Å². The molecular formula is C18H16N4O2S2. The van der Waals surface area contributed by atoms with E-state index >= 15 is 0 Å².